The van der Waals surface area contributed by atoms with Gasteiger partial charge in [0.05, 0.1) is 0 Å². The summed E-state index contributed by atoms with van der Waals surface area (Å²) in [7, 11) is 0. The van der Waals surface area contributed by atoms with Crippen LogP contribution in [0.3, 0.4) is 0 Å². The van der Waals surface area contributed by atoms with Gasteiger partial charge in [-0.2, -0.15) is 0 Å². The minimum absolute atomic E-state index is 0.195. The molecule has 0 bridgehead atoms. The second-order valence-electron chi connectivity index (χ2n) is 8.85. The Morgan fingerprint density at radius 1 is 1.11 bits per heavy atom. The smallest absolute Gasteiger partial charge is 0.240 e. The van der Waals surface area contributed by atoms with E-state index in [0.717, 1.165) is 49.4 Å². The summed E-state index contributed by atoms with van der Waals surface area (Å²) in [5.74, 6) is 1.75. The molecule has 3 heterocycles. The van der Waals surface area contributed by atoms with Gasteiger partial charge in [0.1, 0.15) is 5.54 Å². The molecule has 1 aromatic carbocycles. The number of fused-ring (bicyclic) bond motifs is 2. The summed E-state index contributed by atoms with van der Waals surface area (Å²) in [5.41, 5.74) is 0.722. The molecule has 5 rings (SSSR count). The molecule has 6 heteroatoms. The highest BCUT2D eigenvalue weighted by atomic mass is 16.7. The van der Waals surface area contributed by atoms with Crippen molar-refractivity contribution in [3.8, 4) is 11.5 Å². The lowest BCUT2D eigenvalue weighted by atomic mass is 9.84. The molecule has 3 aliphatic heterocycles. The van der Waals surface area contributed by atoms with Crippen molar-refractivity contribution in [1.82, 2.24) is 15.5 Å². The average molecular weight is 386 g/mol. The van der Waals surface area contributed by atoms with Crippen molar-refractivity contribution in [3.05, 3.63) is 23.8 Å². The van der Waals surface area contributed by atoms with Crippen LogP contribution in [0.15, 0.2) is 18.2 Å². The van der Waals surface area contributed by atoms with Gasteiger partial charge in [0.25, 0.3) is 0 Å². The van der Waals surface area contributed by atoms with Gasteiger partial charge < -0.3 is 20.1 Å². The summed E-state index contributed by atoms with van der Waals surface area (Å²) in [4.78, 5) is 15.8. The zero-order valence-electron chi connectivity index (χ0n) is 16.5. The number of hydrogen-bond acceptors (Lipinski definition) is 5. The molecule has 4 aliphatic rings. The van der Waals surface area contributed by atoms with Gasteiger partial charge >= 0.3 is 0 Å². The quantitative estimate of drug-likeness (QED) is 0.816. The van der Waals surface area contributed by atoms with E-state index >= 15 is 0 Å². The van der Waals surface area contributed by atoms with Crippen LogP contribution in [0.25, 0.3) is 0 Å². The van der Waals surface area contributed by atoms with Crippen molar-refractivity contribution in [2.75, 3.05) is 19.9 Å². The number of carbonyl (C=O) groups is 1. The first kappa shape index (κ1) is 18.3. The molecular formula is C22H31N3O3. The fraction of sp³-hybridized carbons (Fsp3) is 0.682. The third-order valence-electron chi connectivity index (χ3n) is 7.04. The van der Waals surface area contributed by atoms with Crippen LogP contribution < -0.4 is 20.1 Å². The normalized spacial score (nSPS) is 29.8. The van der Waals surface area contributed by atoms with Crippen molar-refractivity contribution >= 4 is 5.91 Å². The molecule has 28 heavy (non-hydrogen) atoms. The summed E-state index contributed by atoms with van der Waals surface area (Å²) < 4.78 is 10.8. The molecule has 1 amide bonds. The number of amides is 1. The lowest BCUT2D eigenvalue weighted by Crippen LogP contribution is -2.57. The number of piperidine rings is 1. The Labute approximate surface area is 166 Å². The Morgan fingerprint density at radius 2 is 1.96 bits per heavy atom. The number of nitrogens with one attached hydrogen (secondary N) is 2. The second-order valence-corrected chi connectivity index (χ2v) is 8.85. The summed E-state index contributed by atoms with van der Waals surface area (Å²) in [5, 5.41) is 7.10. The number of carbonyl (C=O) groups excluding carboxylic acids is 1. The highest BCUT2D eigenvalue weighted by Crippen LogP contribution is 2.39. The number of hydrogen-bond donors (Lipinski definition) is 2. The van der Waals surface area contributed by atoms with Gasteiger partial charge in [-0.05, 0) is 62.8 Å². The average Bonchev–Trinajstić information content (AvgIpc) is 3.45. The van der Waals surface area contributed by atoms with Crippen molar-refractivity contribution in [2.24, 2.45) is 0 Å². The number of nitrogens with zero attached hydrogens (tertiary/aromatic N) is 1. The Hall–Kier alpha value is -1.79. The monoisotopic (exact) mass is 385 g/mol. The van der Waals surface area contributed by atoms with Gasteiger partial charge in [0, 0.05) is 25.2 Å². The van der Waals surface area contributed by atoms with E-state index in [4.69, 9.17) is 9.47 Å². The van der Waals surface area contributed by atoms with Gasteiger partial charge in [0.15, 0.2) is 11.5 Å². The van der Waals surface area contributed by atoms with E-state index in [1.807, 2.05) is 18.2 Å². The predicted octanol–water partition coefficient (Wildman–Crippen LogP) is 2.56. The third kappa shape index (κ3) is 3.37. The van der Waals surface area contributed by atoms with E-state index in [1.165, 1.54) is 32.1 Å². The lowest BCUT2D eigenvalue weighted by Gasteiger charge is -2.40. The molecule has 2 saturated heterocycles. The van der Waals surface area contributed by atoms with E-state index in [9.17, 15) is 4.79 Å². The molecule has 6 nitrogen and oxygen atoms in total. The third-order valence-corrected chi connectivity index (χ3v) is 7.04. The van der Waals surface area contributed by atoms with Crippen molar-refractivity contribution in [1.29, 1.82) is 0 Å². The Bertz CT molecular complexity index is 734. The van der Waals surface area contributed by atoms with Crippen LogP contribution in [0.5, 0.6) is 11.5 Å². The maximum atomic E-state index is 13.4. The fourth-order valence-electron chi connectivity index (χ4n) is 5.61. The minimum atomic E-state index is -0.329. The molecule has 152 valence electrons. The zero-order chi connectivity index (χ0) is 19.0. The molecule has 0 radical (unpaired) electrons. The number of benzene rings is 1. The topological polar surface area (TPSA) is 62.8 Å². The SMILES string of the molecule is O=C(NCc1ccc2c(c1)OCO2)[C@@]12CCCCN1C[C@@H](NC1CCCC1)C2. The molecule has 2 N–H and O–H groups in total. The predicted molar refractivity (Wildman–Crippen MR) is 106 cm³/mol. The van der Waals surface area contributed by atoms with E-state index in [1.54, 1.807) is 0 Å². The highest BCUT2D eigenvalue weighted by molar-refractivity contribution is 5.87. The maximum absolute atomic E-state index is 13.4. The Balaban J connectivity index is 1.25. The molecule has 0 aromatic heterocycles. The highest BCUT2D eigenvalue weighted by Gasteiger charge is 2.51. The van der Waals surface area contributed by atoms with Crippen LogP contribution in [0.1, 0.15) is 56.9 Å². The molecule has 1 aromatic rings. The van der Waals surface area contributed by atoms with E-state index in [0.29, 0.717) is 18.6 Å². The zero-order valence-corrected chi connectivity index (χ0v) is 16.5. The van der Waals surface area contributed by atoms with Crippen LogP contribution in [0, 0.1) is 0 Å². The minimum Gasteiger partial charge on any atom is -0.454 e. The fourth-order valence-corrected chi connectivity index (χ4v) is 5.61. The molecule has 1 saturated carbocycles. The standard InChI is InChI=1S/C22H31N3O3/c26-21(23-13-16-7-8-19-20(11-16)28-15-27-19)22-9-3-4-10-25(22)14-18(12-22)24-17-5-1-2-6-17/h7-8,11,17-18,24H,1-6,9-10,12-15H2,(H,23,26)/t18-,22-/m0/s1. The molecular weight excluding hydrogens is 354 g/mol. The molecule has 1 aliphatic carbocycles. The first-order valence-electron chi connectivity index (χ1n) is 10.9. The van der Waals surface area contributed by atoms with Gasteiger partial charge in [-0.15, -0.1) is 0 Å². The van der Waals surface area contributed by atoms with Gasteiger partial charge in [0.2, 0.25) is 12.7 Å². The van der Waals surface area contributed by atoms with E-state index < -0.39 is 0 Å². The van der Waals surface area contributed by atoms with Crippen LogP contribution in [-0.4, -0.2) is 48.3 Å². The number of ether oxygens (including phenoxy) is 2. The first-order chi connectivity index (χ1) is 13.7. The van der Waals surface area contributed by atoms with Crippen LogP contribution in [0.2, 0.25) is 0 Å². The van der Waals surface area contributed by atoms with Gasteiger partial charge in [-0.3, -0.25) is 9.69 Å². The molecule has 0 spiro atoms. The van der Waals surface area contributed by atoms with Crippen molar-refractivity contribution in [2.45, 2.75) is 75.5 Å². The molecule has 3 fully saturated rings. The van der Waals surface area contributed by atoms with Crippen molar-refractivity contribution in [3.63, 3.8) is 0 Å². The Kier molecular flexibility index (Phi) is 4.93. The maximum Gasteiger partial charge on any atom is 0.240 e. The van der Waals surface area contributed by atoms with Crippen LogP contribution >= 0.6 is 0 Å². The van der Waals surface area contributed by atoms with Gasteiger partial charge in [-0.1, -0.05) is 18.9 Å². The largest absolute Gasteiger partial charge is 0.454 e. The summed E-state index contributed by atoms with van der Waals surface area (Å²) in [6, 6.07) is 6.99. The first-order valence-corrected chi connectivity index (χ1v) is 10.9. The summed E-state index contributed by atoms with van der Waals surface area (Å²) in [6.45, 7) is 2.86. The summed E-state index contributed by atoms with van der Waals surface area (Å²) >= 11 is 0. The molecule has 0 unspecified atom stereocenters. The second kappa shape index (κ2) is 7.56. The Morgan fingerprint density at radius 3 is 2.86 bits per heavy atom. The molecule has 2 atom stereocenters. The number of rotatable bonds is 5. The van der Waals surface area contributed by atoms with Crippen molar-refractivity contribution < 1.29 is 14.3 Å². The lowest BCUT2D eigenvalue weighted by molar-refractivity contribution is -0.134. The van der Waals surface area contributed by atoms with Gasteiger partial charge in [-0.25, -0.2) is 0 Å². The van der Waals surface area contributed by atoms with E-state index in [2.05, 4.69) is 15.5 Å². The van der Waals surface area contributed by atoms with Crippen LogP contribution in [-0.2, 0) is 11.3 Å². The van der Waals surface area contributed by atoms with E-state index in [-0.39, 0.29) is 18.2 Å². The van der Waals surface area contributed by atoms with Crippen LogP contribution in [0.4, 0.5) is 0 Å². The summed E-state index contributed by atoms with van der Waals surface area (Å²) in [6.07, 6.45) is 9.53.